The summed E-state index contributed by atoms with van der Waals surface area (Å²) in [5.41, 5.74) is 0. The highest BCUT2D eigenvalue weighted by molar-refractivity contribution is 5.80. The fraction of sp³-hybridized carbons (Fsp3) is 0.732. The highest BCUT2D eigenvalue weighted by atomic mass is 16.5. The highest BCUT2D eigenvalue weighted by Crippen LogP contribution is 2.15. The summed E-state index contributed by atoms with van der Waals surface area (Å²) in [4.78, 5) is 34.8. The zero-order chi connectivity index (χ0) is 34.5. The van der Waals surface area contributed by atoms with E-state index < -0.39 is 5.97 Å². The predicted molar refractivity (Wildman–Crippen MR) is 198 cm³/mol. The average molecular weight is 658 g/mol. The first-order valence-corrected chi connectivity index (χ1v) is 19.3. The van der Waals surface area contributed by atoms with Crippen molar-refractivity contribution in [3.05, 3.63) is 48.6 Å². The van der Waals surface area contributed by atoms with Gasteiger partial charge in [-0.15, -0.1) is 0 Å². The molecule has 0 fully saturated rings. The number of amides is 1. The zero-order valence-electron chi connectivity index (χ0n) is 30.4. The van der Waals surface area contributed by atoms with E-state index in [0.717, 1.165) is 64.2 Å². The molecule has 0 spiro atoms. The lowest BCUT2D eigenvalue weighted by Crippen LogP contribution is -2.28. The Balaban J connectivity index is 4.14. The standard InChI is InChI=1S/C41H71NO5/c1-3-5-7-9-11-13-14-15-16-17-18-19-20-21-22-24-26-32-36-41(46)47-38(33-29-25-23-12-10-8-6-4-2)34-30-27-28-31-35-39(43)42-37-40(44)45/h12-14,16-17,23,29,33,38H,3-11,15,18-22,24-28,30-32,34-37H2,1-2H3,(H,42,43)(H,44,45)/b14-13-,17-16-,23-12-,33-29-. The van der Waals surface area contributed by atoms with Crippen LogP contribution >= 0.6 is 0 Å². The first-order chi connectivity index (χ1) is 23.0. The quantitative estimate of drug-likeness (QED) is 0.0408. The topological polar surface area (TPSA) is 92.7 Å². The number of hydrogen-bond acceptors (Lipinski definition) is 4. The minimum atomic E-state index is -1.03. The van der Waals surface area contributed by atoms with Gasteiger partial charge in [0, 0.05) is 12.8 Å². The number of nitrogens with one attached hydrogen (secondary N) is 1. The smallest absolute Gasteiger partial charge is 0.322 e. The highest BCUT2D eigenvalue weighted by Gasteiger charge is 2.11. The van der Waals surface area contributed by atoms with Gasteiger partial charge >= 0.3 is 11.9 Å². The van der Waals surface area contributed by atoms with Crippen molar-refractivity contribution in [1.29, 1.82) is 0 Å². The molecular formula is C41H71NO5. The van der Waals surface area contributed by atoms with Gasteiger partial charge in [-0.3, -0.25) is 14.4 Å². The van der Waals surface area contributed by atoms with Crippen molar-refractivity contribution < 1.29 is 24.2 Å². The van der Waals surface area contributed by atoms with Crippen molar-refractivity contribution >= 4 is 17.8 Å². The second kappa shape index (κ2) is 36.2. The van der Waals surface area contributed by atoms with E-state index in [1.807, 2.05) is 6.08 Å². The molecule has 1 unspecified atom stereocenters. The summed E-state index contributed by atoms with van der Waals surface area (Å²) in [7, 11) is 0. The van der Waals surface area contributed by atoms with Gasteiger partial charge in [0.05, 0.1) is 0 Å². The number of ether oxygens (including phenoxy) is 1. The van der Waals surface area contributed by atoms with Gasteiger partial charge < -0.3 is 15.2 Å². The Labute approximate surface area is 289 Å². The van der Waals surface area contributed by atoms with E-state index >= 15 is 0 Å². The van der Waals surface area contributed by atoms with Crippen LogP contribution in [0.4, 0.5) is 0 Å². The Morgan fingerprint density at radius 2 is 1.04 bits per heavy atom. The van der Waals surface area contributed by atoms with E-state index in [0.29, 0.717) is 12.8 Å². The lowest BCUT2D eigenvalue weighted by Gasteiger charge is -2.14. The Morgan fingerprint density at radius 3 is 1.64 bits per heavy atom. The normalized spacial score (nSPS) is 12.6. The molecule has 0 aliphatic carbocycles. The van der Waals surface area contributed by atoms with Crippen molar-refractivity contribution in [3.63, 3.8) is 0 Å². The molecule has 2 N–H and O–H groups in total. The summed E-state index contributed by atoms with van der Waals surface area (Å²) in [6.45, 7) is 4.14. The van der Waals surface area contributed by atoms with Crippen molar-refractivity contribution in [1.82, 2.24) is 5.32 Å². The minimum absolute atomic E-state index is 0.108. The van der Waals surface area contributed by atoms with Gasteiger partial charge in [0.1, 0.15) is 12.6 Å². The third-order valence-corrected chi connectivity index (χ3v) is 8.21. The molecule has 0 saturated carbocycles. The van der Waals surface area contributed by atoms with Crippen LogP contribution in [-0.2, 0) is 19.1 Å². The second-order valence-corrected chi connectivity index (χ2v) is 12.8. The van der Waals surface area contributed by atoms with Gasteiger partial charge in [0.15, 0.2) is 0 Å². The first-order valence-electron chi connectivity index (χ1n) is 19.3. The van der Waals surface area contributed by atoms with Crippen LogP contribution in [0, 0.1) is 0 Å². The summed E-state index contributed by atoms with van der Waals surface area (Å²) in [5.74, 6) is -1.36. The summed E-state index contributed by atoms with van der Waals surface area (Å²) in [5, 5.41) is 11.0. The Hall–Kier alpha value is -2.63. The van der Waals surface area contributed by atoms with Gasteiger partial charge in [-0.1, -0.05) is 133 Å². The third-order valence-electron chi connectivity index (χ3n) is 8.21. The number of esters is 1. The van der Waals surface area contributed by atoms with Crippen molar-refractivity contribution in [3.8, 4) is 0 Å². The summed E-state index contributed by atoms with van der Waals surface area (Å²) >= 11 is 0. The molecular weight excluding hydrogens is 586 g/mol. The van der Waals surface area contributed by atoms with E-state index in [1.165, 1.54) is 89.9 Å². The number of carbonyl (C=O) groups is 3. The summed E-state index contributed by atoms with van der Waals surface area (Å²) < 4.78 is 5.86. The molecule has 0 aromatic heterocycles. The van der Waals surface area contributed by atoms with Gasteiger partial charge in [0.2, 0.25) is 5.91 Å². The van der Waals surface area contributed by atoms with Crippen LogP contribution in [0.5, 0.6) is 0 Å². The van der Waals surface area contributed by atoms with Crippen LogP contribution < -0.4 is 5.32 Å². The number of rotatable bonds is 34. The number of aliphatic carboxylic acids is 1. The SMILES string of the molecule is CCCCC/C=C\C/C=C\C(CCCCCCC(=O)NCC(=O)O)OC(=O)CCCCCCCCC/C=C\C/C=C\CCCCCC. The van der Waals surface area contributed by atoms with E-state index in [9.17, 15) is 14.4 Å². The molecule has 0 aliphatic heterocycles. The number of carboxylic acid groups (broad SMARTS) is 1. The first kappa shape index (κ1) is 44.4. The predicted octanol–water partition coefficient (Wildman–Crippen LogP) is 11.5. The minimum Gasteiger partial charge on any atom is -0.480 e. The molecule has 47 heavy (non-hydrogen) atoms. The van der Waals surface area contributed by atoms with Crippen LogP contribution in [0.1, 0.15) is 181 Å². The van der Waals surface area contributed by atoms with Crippen LogP contribution in [0.3, 0.4) is 0 Å². The molecule has 0 bridgehead atoms. The van der Waals surface area contributed by atoms with Gasteiger partial charge in [-0.25, -0.2) is 0 Å². The maximum absolute atomic E-state index is 12.6. The molecule has 0 heterocycles. The van der Waals surface area contributed by atoms with Crippen molar-refractivity contribution in [2.45, 2.75) is 187 Å². The lowest BCUT2D eigenvalue weighted by atomic mass is 10.1. The summed E-state index contributed by atoms with van der Waals surface area (Å²) in [6, 6.07) is 0. The zero-order valence-corrected chi connectivity index (χ0v) is 30.4. The van der Waals surface area contributed by atoms with E-state index in [2.05, 4.69) is 61.7 Å². The molecule has 0 aromatic rings. The Bertz CT molecular complexity index is 860. The Morgan fingerprint density at radius 1 is 0.574 bits per heavy atom. The maximum Gasteiger partial charge on any atom is 0.322 e. The fourth-order valence-electron chi connectivity index (χ4n) is 5.32. The molecule has 1 amide bonds. The average Bonchev–Trinajstić information content (AvgIpc) is 3.05. The number of carbonyl (C=O) groups excluding carboxylic acids is 2. The molecule has 1 atom stereocenters. The monoisotopic (exact) mass is 658 g/mol. The Kier molecular flexibility index (Phi) is 34.2. The molecule has 0 rings (SSSR count). The van der Waals surface area contributed by atoms with E-state index in [-0.39, 0.29) is 24.5 Å². The second-order valence-electron chi connectivity index (χ2n) is 12.8. The van der Waals surface area contributed by atoms with E-state index in [4.69, 9.17) is 9.84 Å². The van der Waals surface area contributed by atoms with Crippen LogP contribution in [0.2, 0.25) is 0 Å². The molecule has 6 nitrogen and oxygen atoms in total. The molecule has 270 valence electrons. The van der Waals surface area contributed by atoms with E-state index in [1.54, 1.807) is 0 Å². The lowest BCUT2D eigenvalue weighted by molar-refractivity contribution is -0.147. The summed E-state index contributed by atoms with van der Waals surface area (Å²) in [6.07, 6.45) is 45.3. The van der Waals surface area contributed by atoms with Crippen LogP contribution in [-0.4, -0.2) is 35.6 Å². The van der Waals surface area contributed by atoms with Gasteiger partial charge in [-0.2, -0.15) is 0 Å². The molecule has 0 aliphatic rings. The molecule has 6 heteroatoms. The van der Waals surface area contributed by atoms with Gasteiger partial charge in [0.25, 0.3) is 0 Å². The largest absolute Gasteiger partial charge is 0.480 e. The number of carboxylic acids is 1. The number of unbranched alkanes of at least 4 members (excludes halogenated alkanes) is 17. The molecule has 0 aromatic carbocycles. The van der Waals surface area contributed by atoms with Crippen molar-refractivity contribution in [2.24, 2.45) is 0 Å². The molecule has 0 radical (unpaired) electrons. The number of allylic oxidation sites excluding steroid dienone is 7. The maximum atomic E-state index is 12.6. The van der Waals surface area contributed by atoms with Crippen LogP contribution in [0.25, 0.3) is 0 Å². The fourth-order valence-corrected chi connectivity index (χ4v) is 5.32. The molecule has 0 saturated heterocycles. The van der Waals surface area contributed by atoms with Crippen molar-refractivity contribution in [2.75, 3.05) is 6.54 Å². The van der Waals surface area contributed by atoms with Gasteiger partial charge in [-0.05, 0) is 83.1 Å². The number of hydrogen-bond donors (Lipinski definition) is 2. The third kappa shape index (κ3) is 36.1. The van der Waals surface area contributed by atoms with Crippen LogP contribution in [0.15, 0.2) is 48.6 Å².